The van der Waals surface area contributed by atoms with Crippen LogP contribution in [0.25, 0.3) is 0 Å². The van der Waals surface area contributed by atoms with Crippen molar-refractivity contribution in [3.05, 3.63) is 34.9 Å². The van der Waals surface area contributed by atoms with Gasteiger partial charge in [-0.05, 0) is 24.6 Å². The summed E-state index contributed by atoms with van der Waals surface area (Å²) in [5.41, 5.74) is 0.710. The van der Waals surface area contributed by atoms with Crippen LogP contribution in [-0.2, 0) is 14.3 Å². The van der Waals surface area contributed by atoms with Gasteiger partial charge in [0.15, 0.2) is 0 Å². The van der Waals surface area contributed by atoms with Crippen LogP contribution in [0, 0.1) is 0 Å². The molecule has 0 saturated carbocycles. The van der Waals surface area contributed by atoms with E-state index >= 15 is 0 Å². The smallest absolute Gasteiger partial charge is 0.305 e. The summed E-state index contributed by atoms with van der Waals surface area (Å²) in [6.45, 7) is 2.71. The maximum absolute atomic E-state index is 11.7. The number of aliphatic carboxylic acids is 1. The second-order valence-corrected chi connectivity index (χ2v) is 4.65. The Kier molecular flexibility index (Phi) is 7.04. The van der Waals surface area contributed by atoms with E-state index in [2.05, 4.69) is 5.32 Å². The Hall–Kier alpha value is -1.59. The largest absolute Gasteiger partial charge is 0.481 e. The molecule has 6 heteroatoms. The molecule has 5 nitrogen and oxygen atoms in total. The molecule has 1 rings (SSSR count). The summed E-state index contributed by atoms with van der Waals surface area (Å²) in [5, 5.41) is 12.2. The predicted molar refractivity (Wildman–Crippen MR) is 75.7 cm³/mol. The number of carboxylic acids is 1. The lowest BCUT2D eigenvalue weighted by Crippen LogP contribution is -2.30. The van der Waals surface area contributed by atoms with Gasteiger partial charge in [-0.15, -0.1) is 0 Å². The highest BCUT2D eigenvalue weighted by Gasteiger charge is 2.17. The molecule has 0 fully saturated rings. The van der Waals surface area contributed by atoms with Crippen molar-refractivity contribution in [3.63, 3.8) is 0 Å². The Morgan fingerprint density at radius 1 is 1.35 bits per heavy atom. The van der Waals surface area contributed by atoms with Crippen molar-refractivity contribution >= 4 is 23.5 Å². The predicted octanol–water partition coefficient (Wildman–Crippen LogP) is 2.40. The van der Waals surface area contributed by atoms with Crippen molar-refractivity contribution in [1.29, 1.82) is 0 Å². The van der Waals surface area contributed by atoms with Gasteiger partial charge >= 0.3 is 5.97 Å². The molecular formula is C14H18ClNO4. The van der Waals surface area contributed by atoms with E-state index < -0.39 is 12.0 Å². The van der Waals surface area contributed by atoms with Gasteiger partial charge in [-0.1, -0.05) is 23.7 Å². The summed E-state index contributed by atoms with van der Waals surface area (Å²) in [5.74, 6) is -1.21. The number of hydrogen-bond acceptors (Lipinski definition) is 3. The SMILES string of the molecule is CCOCCC(=O)N[C@@H](CC(=O)O)c1ccc(Cl)cc1. The molecule has 1 atom stereocenters. The summed E-state index contributed by atoms with van der Waals surface area (Å²) < 4.78 is 5.09. The third kappa shape index (κ3) is 6.04. The van der Waals surface area contributed by atoms with Crippen LogP contribution >= 0.6 is 11.6 Å². The normalized spacial score (nSPS) is 11.9. The summed E-state index contributed by atoms with van der Waals surface area (Å²) in [4.78, 5) is 22.6. The van der Waals surface area contributed by atoms with Gasteiger partial charge in [-0.3, -0.25) is 9.59 Å². The monoisotopic (exact) mass is 299 g/mol. The minimum absolute atomic E-state index is 0.179. The molecule has 1 aromatic carbocycles. The fourth-order valence-electron chi connectivity index (χ4n) is 1.70. The number of carboxylic acid groups (broad SMARTS) is 1. The lowest BCUT2D eigenvalue weighted by Gasteiger charge is -2.17. The molecule has 0 saturated heterocycles. The van der Waals surface area contributed by atoms with Gasteiger partial charge in [-0.2, -0.15) is 0 Å². The molecular weight excluding hydrogens is 282 g/mol. The number of benzene rings is 1. The summed E-state index contributed by atoms with van der Waals surface area (Å²) >= 11 is 5.79. The maximum atomic E-state index is 11.7. The summed E-state index contributed by atoms with van der Waals surface area (Å²) in [7, 11) is 0. The van der Waals surface area contributed by atoms with Gasteiger partial charge in [0.25, 0.3) is 0 Å². The number of carbonyl (C=O) groups is 2. The van der Waals surface area contributed by atoms with E-state index in [4.69, 9.17) is 21.4 Å². The first kappa shape index (κ1) is 16.5. The lowest BCUT2D eigenvalue weighted by molar-refractivity contribution is -0.137. The zero-order valence-electron chi connectivity index (χ0n) is 11.3. The van der Waals surface area contributed by atoms with Crippen LogP contribution in [0.1, 0.15) is 31.4 Å². The van der Waals surface area contributed by atoms with Gasteiger partial charge in [0.2, 0.25) is 5.91 Å². The molecule has 0 bridgehead atoms. The van der Waals surface area contributed by atoms with Crippen molar-refractivity contribution in [1.82, 2.24) is 5.32 Å². The van der Waals surface area contributed by atoms with Gasteiger partial charge in [0, 0.05) is 18.1 Å². The Morgan fingerprint density at radius 2 is 2.00 bits per heavy atom. The van der Waals surface area contributed by atoms with E-state index in [9.17, 15) is 9.59 Å². The Balaban J connectivity index is 2.67. The van der Waals surface area contributed by atoms with Crippen molar-refractivity contribution in [2.45, 2.75) is 25.8 Å². The van der Waals surface area contributed by atoms with Crippen LogP contribution in [0.3, 0.4) is 0 Å². The molecule has 1 amide bonds. The second kappa shape index (κ2) is 8.55. The van der Waals surface area contributed by atoms with Crippen LogP contribution in [0.4, 0.5) is 0 Å². The Labute approximate surface area is 122 Å². The van der Waals surface area contributed by atoms with Crippen molar-refractivity contribution in [2.24, 2.45) is 0 Å². The first-order valence-electron chi connectivity index (χ1n) is 6.37. The molecule has 2 N–H and O–H groups in total. The molecule has 0 aliphatic carbocycles. The molecule has 0 spiro atoms. The summed E-state index contributed by atoms with van der Waals surface area (Å²) in [6, 6.07) is 6.17. The van der Waals surface area contributed by atoms with E-state index in [1.807, 2.05) is 6.92 Å². The zero-order chi connectivity index (χ0) is 15.0. The van der Waals surface area contributed by atoms with Gasteiger partial charge in [0.05, 0.1) is 19.1 Å². The first-order chi connectivity index (χ1) is 9.52. The first-order valence-corrected chi connectivity index (χ1v) is 6.75. The van der Waals surface area contributed by atoms with E-state index in [-0.39, 0.29) is 18.7 Å². The number of amides is 1. The number of carbonyl (C=O) groups excluding carboxylic acids is 1. The third-order valence-electron chi connectivity index (χ3n) is 2.66. The molecule has 110 valence electrons. The average Bonchev–Trinajstić information content (AvgIpc) is 2.38. The third-order valence-corrected chi connectivity index (χ3v) is 2.92. The van der Waals surface area contributed by atoms with E-state index in [0.29, 0.717) is 23.8 Å². The highest BCUT2D eigenvalue weighted by atomic mass is 35.5. The standard InChI is InChI=1S/C14H18ClNO4/c1-2-20-8-7-13(17)16-12(9-14(18)19)10-3-5-11(15)6-4-10/h3-6,12H,2,7-9H2,1H3,(H,16,17)(H,18,19)/t12-/m0/s1. The van der Waals surface area contributed by atoms with Crippen LogP contribution in [0.5, 0.6) is 0 Å². The van der Waals surface area contributed by atoms with Crippen molar-refractivity contribution < 1.29 is 19.4 Å². The van der Waals surface area contributed by atoms with E-state index in [1.54, 1.807) is 24.3 Å². The van der Waals surface area contributed by atoms with Crippen LogP contribution in [0.2, 0.25) is 5.02 Å². The topological polar surface area (TPSA) is 75.6 Å². The van der Waals surface area contributed by atoms with Crippen molar-refractivity contribution in [2.75, 3.05) is 13.2 Å². The van der Waals surface area contributed by atoms with Crippen molar-refractivity contribution in [3.8, 4) is 0 Å². The number of rotatable bonds is 8. The summed E-state index contributed by atoms with van der Waals surface area (Å²) in [6.07, 6.45) is 0.0273. The maximum Gasteiger partial charge on any atom is 0.305 e. The number of ether oxygens (including phenoxy) is 1. The molecule has 0 aliphatic rings. The number of nitrogens with one attached hydrogen (secondary N) is 1. The highest BCUT2D eigenvalue weighted by Crippen LogP contribution is 2.19. The molecule has 0 aliphatic heterocycles. The Morgan fingerprint density at radius 3 is 2.55 bits per heavy atom. The molecule has 20 heavy (non-hydrogen) atoms. The minimum atomic E-state index is -0.977. The fraction of sp³-hybridized carbons (Fsp3) is 0.429. The Bertz CT molecular complexity index is 447. The quantitative estimate of drug-likeness (QED) is 0.723. The van der Waals surface area contributed by atoms with Crippen LogP contribution < -0.4 is 5.32 Å². The lowest BCUT2D eigenvalue weighted by atomic mass is 10.0. The van der Waals surface area contributed by atoms with E-state index in [1.165, 1.54) is 0 Å². The molecule has 0 heterocycles. The second-order valence-electron chi connectivity index (χ2n) is 4.22. The molecule has 0 radical (unpaired) electrons. The van der Waals surface area contributed by atoms with Gasteiger partial charge in [0.1, 0.15) is 0 Å². The van der Waals surface area contributed by atoms with E-state index in [0.717, 1.165) is 0 Å². The number of halogens is 1. The minimum Gasteiger partial charge on any atom is -0.481 e. The highest BCUT2D eigenvalue weighted by molar-refractivity contribution is 6.30. The molecule has 0 unspecified atom stereocenters. The zero-order valence-corrected chi connectivity index (χ0v) is 12.0. The van der Waals surface area contributed by atoms with Gasteiger partial charge < -0.3 is 15.2 Å². The fourth-order valence-corrected chi connectivity index (χ4v) is 1.82. The van der Waals surface area contributed by atoms with Crippen LogP contribution in [0.15, 0.2) is 24.3 Å². The van der Waals surface area contributed by atoms with Crippen LogP contribution in [-0.4, -0.2) is 30.2 Å². The molecule has 0 aromatic heterocycles. The number of hydrogen-bond donors (Lipinski definition) is 2. The van der Waals surface area contributed by atoms with Gasteiger partial charge in [-0.25, -0.2) is 0 Å². The molecule has 1 aromatic rings. The average molecular weight is 300 g/mol.